The van der Waals surface area contributed by atoms with Crippen LogP contribution in [0.15, 0.2) is 29.4 Å². The number of hydrogen-bond donors (Lipinski definition) is 1. The summed E-state index contributed by atoms with van der Waals surface area (Å²) in [6, 6.07) is 5.13. The molecule has 0 spiro atoms. The third kappa shape index (κ3) is 5.74. The molecule has 3 fully saturated rings. The summed E-state index contributed by atoms with van der Waals surface area (Å²) in [6.45, 7) is 12.8. The van der Waals surface area contributed by atoms with Gasteiger partial charge in [-0.05, 0) is 48.2 Å². The molecule has 1 N–H and O–H groups in total. The fourth-order valence-corrected chi connectivity index (χ4v) is 5.42. The molecule has 2 amide bonds. The standard InChI is InChI=1S/C26H37N7O4/c1-5-10-31-11-13-32(14-12-31)18-8-6-17(7-9-18)24(35)28-23(26(2,3)4)25(36)33-15-19(29-30-27)22-21(33)20(34)16-37-22/h6-9,19,21-23H,5,10-16H2,1-4H3,(H,28,35)/t19-,21-,22-,23-/m1/s1. The van der Waals surface area contributed by atoms with Gasteiger partial charge in [0, 0.05) is 48.9 Å². The van der Waals surface area contributed by atoms with E-state index in [4.69, 9.17) is 10.3 Å². The predicted molar refractivity (Wildman–Crippen MR) is 139 cm³/mol. The number of carbonyl (C=O) groups is 3. The minimum Gasteiger partial charge on any atom is -0.369 e. The molecule has 11 nitrogen and oxygen atoms in total. The van der Waals surface area contributed by atoms with Crippen molar-refractivity contribution in [3.8, 4) is 0 Å². The highest BCUT2D eigenvalue weighted by Crippen LogP contribution is 2.32. The van der Waals surface area contributed by atoms with Crippen molar-refractivity contribution in [3.05, 3.63) is 40.3 Å². The first-order valence-electron chi connectivity index (χ1n) is 13.0. The quantitative estimate of drug-likeness (QED) is 0.339. The molecule has 0 radical (unpaired) electrons. The Bertz CT molecular complexity index is 1060. The van der Waals surface area contributed by atoms with Gasteiger partial charge in [0.2, 0.25) is 5.91 Å². The number of azide groups is 1. The van der Waals surface area contributed by atoms with Crippen molar-refractivity contribution in [1.29, 1.82) is 0 Å². The Balaban J connectivity index is 1.45. The smallest absolute Gasteiger partial charge is 0.251 e. The van der Waals surface area contributed by atoms with Crippen LogP contribution in [0.2, 0.25) is 0 Å². The van der Waals surface area contributed by atoms with Crippen LogP contribution in [0.5, 0.6) is 0 Å². The molecule has 0 unspecified atom stereocenters. The van der Waals surface area contributed by atoms with Gasteiger partial charge in [0.1, 0.15) is 18.7 Å². The van der Waals surface area contributed by atoms with E-state index in [1.807, 2.05) is 32.9 Å². The minimum absolute atomic E-state index is 0.0760. The SMILES string of the molecule is CCCN1CCN(c2ccc(C(=O)N[C@H](C(=O)N3C[C@@H](N=[N+]=[N-])[C@H]4OCC(=O)[C@H]43)C(C)(C)C)cc2)CC1. The maximum Gasteiger partial charge on any atom is 0.251 e. The molecule has 200 valence electrons. The molecule has 1 aromatic carbocycles. The van der Waals surface area contributed by atoms with Crippen LogP contribution in [0.25, 0.3) is 10.4 Å². The Hall–Kier alpha value is -3.14. The molecule has 0 bridgehead atoms. The second-order valence-corrected chi connectivity index (χ2v) is 11.1. The van der Waals surface area contributed by atoms with Gasteiger partial charge in [0.05, 0.1) is 12.1 Å². The number of Topliss-reactive ketones (excluding diaryl/α,β-unsaturated/α-hetero) is 1. The number of amides is 2. The lowest BCUT2D eigenvalue weighted by Gasteiger charge is -2.36. The highest BCUT2D eigenvalue weighted by atomic mass is 16.5. The third-order valence-electron chi connectivity index (χ3n) is 7.44. The summed E-state index contributed by atoms with van der Waals surface area (Å²) in [7, 11) is 0. The molecule has 11 heteroatoms. The molecule has 3 saturated heterocycles. The average Bonchev–Trinajstić information content (AvgIpc) is 3.43. The fraction of sp³-hybridized carbons (Fsp3) is 0.654. The number of ketones is 1. The number of benzene rings is 1. The monoisotopic (exact) mass is 511 g/mol. The van der Waals surface area contributed by atoms with E-state index in [0.717, 1.165) is 44.8 Å². The molecule has 4 atom stereocenters. The second-order valence-electron chi connectivity index (χ2n) is 11.1. The van der Waals surface area contributed by atoms with Gasteiger partial charge in [0.25, 0.3) is 5.91 Å². The van der Waals surface area contributed by atoms with Gasteiger partial charge >= 0.3 is 0 Å². The maximum atomic E-state index is 13.7. The Kier molecular flexibility index (Phi) is 8.06. The average molecular weight is 512 g/mol. The van der Waals surface area contributed by atoms with Crippen LogP contribution in [-0.4, -0.2) is 97.5 Å². The number of fused-ring (bicyclic) bond motifs is 1. The van der Waals surface area contributed by atoms with Crippen molar-refractivity contribution in [2.75, 3.05) is 50.8 Å². The Morgan fingerprint density at radius 3 is 2.46 bits per heavy atom. The Labute approximate surface area is 217 Å². The van der Waals surface area contributed by atoms with Crippen LogP contribution >= 0.6 is 0 Å². The third-order valence-corrected chi connectivity index (χ3v) is 7.44. The van der Waals surface area contributed by atoms with Gasteiger partial charge in [-0.2, -0.15) is 0 Å². The summed E-state index contributed by atoms with van der Waals surface area (Å²) >= 11 is 0. The summed E-state index contributed by atoms with van der Waals surface area (Å²) in [5.41, 5.74) is 9.82. The van der Waals surface area contributed by atoms with Crippen LogP contribution in [0.1, 0.15) is 44.5 Å². The molecular weight excluding hydrogens is 474 g/mol. The molecule has 3 heterocycles. The van der Waals surface area contributed by atoms with Gasteiger partial charge in [-0.1, -0.05) is 32.8 Å². The molecule has 0 aliphatic carbocycles. The number of hydrogen-bond acceptors (Lipinski definition) is 7. The number of carbonyl (C=O) groups excluding carboxylic acids is 3. The summed E-state index contributed by atoms with van der Waals surface area (Å²) < 4.78 is 5.53. The van der Waals surface area contributed by atoms with Gasteiger partial charge < -0.3 is 19.9 Å². The van der Waals surface area contributed by atoms with Crippen LogP contribution in [-0.2, 0) is 14.3 Å². The van der Waals surface area contributed by atoms with Crippen molar-refractivity contribution in [2.24, 2.45) is 10.5 Å². The zero-order valence-electron chi connectivity index (χ0n) is 22.1. The number of nitrogens with zero attached hydrogens (tertiary/aromatic N) is 6. The van der Waals surface area contributed by atoms with Crippen LogP contribution in [0.3, 0.4) is 0 Å². The summed E-state index contributed by atoms with van der Waals surface area (Å²) in [4.78, 5) is 48.5. The van der Waals surface area contributed by atoms with Crippen molar-refractivity contribution in [2.45, 2.75) is 58.3 Å². The van der Waals surface area contributed by atoms with Gasteiger partial charge in [-0.25, -0.2) is 0 Å². The lowest BCUT2D eigenvalue weighted by Crippen LogP contribution is -2.57. The van der Waals surface area contributed by atoms with E-state index < -0.39 is 29.6 Å². The zero-order valence-corrected chi connectivity index (χ0v) is 22.1. The first kappa shape index (κ1) is 26.9. The molecule has 0 saturated carbocycles. The highest BCUT2D eigenvalue weighted by Gasteiger charge is 2.53. The largest absolute Gasteiger partial charge is 0.369 e. The number of rotatable bonds is 7. The number of ether oxygens (including phenoxy) is 1. The van der Waals surface area contributed by atoms with E-state index in [0.29, 0.717) is 5.56 Å². The summed E-state index contributed by atoms with van der Waals surface area (Å²) in [5, 5.41) is 6.64. The van der Waals surface area contributed by atoms with Gasteiger partial charge in [0.15, 0.2) is 5.78 Å². The molecule has 0 aromatic heterocycles. The number of anilines is 1. The first-order valence-corrected chi connectivity index (χ1v) is 13.0. The number of likely N-dealkylation sites (tertiary alicyclic amines) is 1. The molecular formula is C26H37N7O4. The predicted octanol–water partition coefficient (Wildman–Crippen LogP) is 2.22. The zero-order chi connectivity index (χ0) is 26.7. The van der Waals surface area contributed by atoms with E-state index in [2.05, 4.69) is 32.1 Å². The normalized spacial score (nSPS) is 25.0. The van der Waals surface area contributed by atoms with Crippen molar-refractivity contribution < 1.29 is 19.1 Å². The second kappa shape index (κ2) is 11.1. The number of piperazine rings is 1. The van der Waals surface area contributed by atoms with Gasteiger partial charge in [-0.3, -0.25) is 19.3 Å². The minimum atomic E-state index is -0.884. The first-order chi connectivity index (χ1) is 17.6. The maximum absolute atomic E-state index is 13.7. The van der Waals surface area contributed by atoms with E-state index in [1.165, 1.54) is 4.90 Å². The molecule has 3 aliphatic heterocycles. The van der Waals surface area contributed by atoms with Crippen molar-refractivity contribution >= 4 is 23.3 Å². The van der Waals surface area contributed by atoms with Crippen LogP contribution < -0.4 is 10.2 Å². The Morgan fingerprint density at radius 1 is 1.19 bits per heavy atom. The van der Waals surface area contributed by atoms with E-state index in [1.54, 1.807) is 12.1 Å². The fourth-order valence-electron chi connectivity index (χ4n) is 5.42. The molecule has 37 heavy (non-hydrogen) atoms. The molecule has 3 aliphatic rings. The molecule has 1 aromatic rings. The van der Waals surface area contributed by atoms with Crippen LogP contribution in [0.4, 0.5) is 5.69 Å². The number of nitrogens with one attached hydrogen (secondary N) is 1. The topological polar surface area (TPSA) is 131 Å². The van der Waals surface area contributed by atoms with E-state index in [9.17, 15) is 14.4 Å². The summed E-state index contributed by atoms with van der Waals surface area (Å²) in [5.74, 6) is -0.963. The Morgan fingerprint density at radius 2 is 1.86 bits per heavy atom. The summed E-state index contributed by atoms with van der Waals surface area (Å²) in [6.07, 6.45) is 0.499. The lowest BCUT2D eigenvalue weighted by molar-refractivity contribution is -0.140. The van der Waals surface area contributed by atoms with Gasteiger partial charge in [-0.15, -0.1) is 0 Å². The molecule has 4 rings (SSSR count). The van der Waals surface area contributed by atoms with E-state index in [-0.39, 0.29) is 30.7 Å². The van der Waals surface area contributed by atoms with Crippen molar-refractivity contribution in [1.82, 2.24) is 15.1 Å². The van der Waals surface area contributed by atoms with E-state index >= 15 is 0 Å². The lowest BCUT2D eigenvalue weighted by atomic mass is 9.85. The highest BCUT2D eigenvalue weighted by molar-refractivity contribution is 5.99. The van der Waals surface area contributed by atoms with Crippen molar-refractivity contribution in [3.63, 3.8) is 0 Å². The van der Waals surface area contributed by atoms with Crippen LogP contribution in [0, 0.1) is 5.41 Å².